The lowest BCUT2D eigenvalue weighted by Gasteiger charge is -1.96. The van der Waals surface area contributed by atoms with Crippen LogP contribution in [0.2, 0.25) is 0 Å². The van der Waals surface area contributed by atoms with Crippen molar-refractivity contribution in [2.75, 3.05) is 6.61 Å². The first-order valence-corrected chi connectivity index (χ1v) is 4.39. The van der Waals surface area contributed by atoms with Gasteiger partial charge in [0.2, 0.25) is 17.4 Å². The summed E-state index contributed by atoms with van der Waals surface area (Å²) in [4.78, 5) is 18.8. The van der Waals surface area contributed by atoms with E-state index in [1.807, 2.05) is 0 Å². The number of ether oxygens (including phenoxy) is 1. The number of rotatable bonds is 2. The van der Waals surface area contributed by atoms with E-state index in [2.05, 4.69) is 14.7 Å². The molecule has 0 spiro atoms. The topological polar surface area (TPSA) is 56.5 Å². The molecule has 0 saturated heterocycles. The predicted molar refractivity (Wildman–Crippen MR) is 48.9 cm³/mol. The van der Waals surface area contributed by atoms with Gasteiger partial charge in [0.15, 0.2) is 0 Å². The predicted octanol–water partition coefficient (Wildman–Crippen LogP) is 1.05. The standard InChI is InChI=1S/C9H8FN3O2/c1-2-15-8(14)6-7(10)13-5-3-4-11-9(13)12-6/h3-5H,2H2,1H3. The summed E-state index contributed by atoms with van der Waals surface area (Å²) in [5.41, 5.74) is -0.337. The number of esters is 1. The zero-order valence-electron chi connectivity index (χ0n) is 7.98. The first-order valence-electron chi connectivity index (χ1n) is 4.39. The Morgan fingerprint density at radius 3 is 3.13 bits per heavy atom. The molecule has 0 N–H and O–H groups in total. The summed E-state index contributed by atoms with van der Waals surface area (Å²) in [5.74, 6) is -1.39. The molecule has 5 nitrogen and oxygen atoms in total. The number of halogens is 1. The van der Waals surface area contributed by atoms with Crippen LogP contribution in [0.15, 0.2) is 18.5 Å². The summed E-state index contributed by atoms with van der Waals surface area (Å²) in [6.07, 6.45) is 2.91. The molecule has 0 aliphatic rings. The van der Waals surface area contributed by atoms with Gasteiger partial charge in [-0.15, -0.1) is 0 Å². The lowest BCUT2D eigenvalue weighted by atomic mass is 10.5. The van der Waals surface area contributed by atoms with Gasteiger partial charge < -0.3 is 4.74 Å². The summed E-state index contributed by atoms with van der Waals surface area (Å²) in [7, 11) is 0. The van der Waals surface area contributed by atoms with Gasteiger partial charge in [-0.25, -0.2) is 14.8 Å². The van der Waals surface area contributed by atoms with Gasteiger partial charge in [0.25, 0.3) is 0 Å². The third-order valence-corrected chi connectivity index (χ3v) is 1.81. The highest BCUT2D eigenvalue weighted by atomic mass is 19.1. The molecule has 78 valence electrons. The molecule has 2 aromatic heterocycles. The number of carbonyl (C=O) groups excluding carboxylic acids is 1. The smallest absolute Gasteiger partial charge is 0.361 e. The number of fused-ring (bicyclic) bond motifs is 1. The molecular weight excluding hydrogens is 201 g/mol. The highest BCUT2D eigenvalue weighted by molar-refractivity contribution is 5.88. The minimum atomic E-state index is -0.777. The van der Waals surface area contributed by atoms with Gasteiger partial charge in [0.05, 0.1) is 6.61 Å². The molecule has 0 fully saturated rings. The highest BCUT2D eigenvalue weighted by Gasteiger charge is 2.20. The number of aromatic nitrogens is 3. The Kier molecular flexibility index (Phi) is 2.32. The Labute approximate surface area is 84.5 Å². The third kappa shape index (κ3) is 1.54. The van der Waals surface area contributed by atoms with Crippen molar-refractivity contribution in [1.29, 1.82) is 0 Å². The van der Waals surface area contributed by atoms with E-state index in [-0.39, 0.29) is 18.1 Å². The molecule has 2 rings (SSSR count). The van der Waals surface area contributed by atoms with Crippen LogP contribution in [0, 0.1) is 5.95 Å². The highest BCUT2D eigenvalue weighted by Crippen LogP contribution is 2.09. The molecule has 0 amide bonds. The van der Waals surface area contributed by atoms with Crippen molar-refractivity contribution in [1.82, 2.24) is 14.4 Å². The third-order valence-electron chi connectivity index (χ3n) is 1.81. The van der Waals surface area contributed by atoms with Crippen molar-refractivity contribution in [2.45, 2.75) is 6.92 Å². The van der Waals surface area contributed by atoms with E-state index in [0.717, 1.165) is 4.40 Å². The lowest BCUT2D eigenvalue weighted by Crippen LogP contribution is -2.07. The maximum atomic E-state index is 13.6. The van der Waals surface area contributed by atoms with Crippen LogP contribution < -0.4 is 0 Å². The fourth-order valence-corrected chi connectivity index (χ4v) is 1.19. The Bertz CT molecular complexity index is 509. The van der Waals surface area contributed by atoms with E-state index in [0.29, 0.717) is 0 Å². The molecule has 6 heteroatoms. The summed E-state index contributed by atoms with van der Waals surface area (Å²) < 4.78 is 19.3. The number of hydrogen-bond acceptors (Lipinski definition) is 4. The number of hydrogen-bond donors (Lipinski definition) is 0. The summed E-state index contributed by atoms with van der Waals surface area (Å²) >= 11 is 0. The van der Waals surface area contributed by atoms with E-state index in [4.69, 9.17) is 0 Å². The molecule has 15 heavy (non-hydrogen) atoms. The fourth-order valence-electron chi connectivity index (χ4n) is 1.19. The van der Waals surface area contributed by atoms with Gasteiger partial charge >= 0.3 is 5.97 Å². The molecule has 2 heterocycles. The van der Waals surface area contributed by atoms with Gasteiger partial charge in [-0.3, -0.25) is 4.40 Å². The summed E-state index contributed by atoms with van der Waals surface area (Å²) in [6.45, 7) is 1.82. The van der Waals surface area contributed by atoms with E-state index < -0.39 is 11.9 Å². The molecule has 0 unspecified atom stereocenters. The van der Waals surface area contributed by atoms with Crippen LogP contribution in [-0.2, 0) is 4.74 Å². The lowest BCUT2D eigenvalue weighted by molar-refractivity contribution is 0.0514. The van der Waals surface area contributed by atoms with E-state index in [1.165, 1.54) is 12.4 Å². The molecule has 0 saturated carbocycles. The molecule has 0 aromatic carbocycles. The fraction of sp³-hybridized carbons (Fsp3) is 0.222. The summed E-state index contributed by atoms with van der Waals surface area (Å²) in [6, 6.07) is 1.55. The normalized spacial score (nSPS) is 10.5. The second kappa shape index (κ2) is 3.64. The summed E-state index contributed by atoms with van der Waals surface area (Å²) in [5, 5.41) is 0. The monoisotopic (exact) mass is 209 g/mol. The van der Waals surface area contributed by atoms with E-state index >= 15 is 0 Å². The molecule has 0 radical (unpaired) electrons. The van der Waals surface area contributed by atoms with Gasteiger partial charge in [0.1, 0.15) is 0 Å². The number of nitrogens with zero attached hydrogens (tertiary/aromatic N) is 3. The Morgan fingerprint density at radius 1 is 1.67 bits per heavy atom. The average molecular weight is 209 g/mol. The zero-order valence-corrected chi connectivity index (χ0v) is 7.98. The SMILES string of the molecule is CCOC(=O)c1nc2ncccn2c1F. The minimum absolute atomic E-state index is 0.137. The van der Waals surface area contributed by atoms with E-state index in [9.17, 15) is 9.18 Å². The Balaban J connectivity index is 2.53. The van der Waals surface area contributed by atoms with E-state index in [1.54, 1.807) is 13.0 Å². The van der Waals surface area contributed by atoms with Crippen LogP contribution in [0.25, 0.3) is 5.78 Å². The minimum Gasteiger partial charge on any atom is -0.461 e. The van der Waals surface area contributed by atoms with Gasteiger partial charge in [-0.1, -0.05) is 0 Å². The molecule has 2 aromatic rings. The molecular formula is C9H8FN3O2. The van der Waals surface area contributed by atoms with Crippen molar-refractivity contribution in [3.63, 3.8) is 0 Å². The van der Waals surface area contributed by atoms with Crippen LogP contribution in [0.4, 0.5) is 4.39 Å². The number of carbonyl (C=O) groups is 1. The maximum Gasteiger partial charge on any atom is 0.361 e. The molecule has 0 atom stereocenters. The van der Waals surface area contributed by atoms with Crippen molar-refractivity contribution >= 4 is 11.7 Å². The molecule has 0 aliphatic heterocycles. The second-order valence-corrected chi connectivity index (χ2v) is 2.76. The first kappa shape index (κ1) is 9.57. The Morgan fingerprint density at radius 2 is 2.47 bits per heavy atom. The van der Waals surface area contributed by atoms with Gasteiger partial charge in [-0.2, -0.15) is 4.39 Å². The van der Waals surface area contributed by atoms with Crippen LogP contribution in [0.3, 0.4) is 0 Å². The number of imidazole rings is 1. The Hall–Kier alpha value is -1.98. The second-order valence-electron chi connectivity index (χ2n) is 2.76. The van der Waals surface area contributed by atoms with Gasteiger partial charge in [0, 0.05) is 12.4 Å². The van der Waals surface area contributed by atoms with Crippen molar-refractivity contribution < 1.29 is 13.9 Å². The van der Waals surface area contributed by atoms with Crippen LogP contribution in [-0.4, -0.2) is 26.9 Å². The van der Waals surface area contributed by atoms with Crippen molar-refractivity contribution in [3.8, 4) is 0 Å². The van der Waals surface area contributed by atoms with Crippen molar-refractivity contribution in [3.05, 3.63) is 30.1 Å². The molecule has 0 aliphatic carbocycles. The first-order chi connectivity index (χ1) is 7.24. The van der Waals surface area contributed by atoms with Gasteiger partial charge in [-0.05, 0) is 13.0 Å². The van der Waals surface area contributed by atoms with Crippen LogP contribution in [0.5, 0.6) is 0 Å². The average Bonchev–Trinajstić information content (AvgIpc) is 2.57. The zero-order chi connectivity index (χ0) is 10.8. The largest absolute Gasteiger partial charge is 0.461 e. The molecule has 0 bridgehead atoms. The van der Waals surface area contributed by atoms with Crippen molar-refractivity contribution in [2.24, 2.45) is 0 Å². The quantitative estimate of drug-likeness (QED) is 0.693. The van der Waals surface area contributed by atoms with Crippen LogP contribution in [0.1, 0.15) is 17.4 Å². The maximum absolute atomic E-state index is 13.6. The van der Waals surface area contributed by atoms with Crippen LogP contribution >= 0.6 is 0 Å².